The average Bonchev–Trinajstić information content (AvgIpc) is 3.51. The van der Waals surface area contributed by atoms with E-state index in [1.54, 1.807) is 0 Å². The van der Waals surface area contributed by atoms with Gasteiger partial charge in [-0.15, -0.1) is 0 Å². The molecule has 0 saturated carbocycles. The molecule has 0 bridgehead atoms. The molecule has 1 saturated heterocycles. The van der Waals surface area contributed by atoms with Gasteiger partial charge >= 0.3 is 0 Å². The quantitative estimate of drug-likeness (QED) is 0.180. The first-order valence-corrected chi connectivity index (χ1v) is 14.6. The fourth-order valence-corrected chi connectivity index (χ4v) is 5.65. The molecule has 0 aliphatic carbocycles. The molecule has 5 rings (SSSR count). The zero-order valence-electron chi connectivity index (χ0n) is 23.3. The number of nitrogens with zero attached hydrogens (tertiary/aromatic N) is 3. The van der Waals surface area contributed by atoms with Gasteiger partial charge in [-0.1, -0.05) is 49.2 Å². The Kier molecular flexibility index (Phi) is 8.56. The number of fused-ring (bicyclic) bond motifs is 1. The molecule has 0 spiro atoms. The Balaban J connectivity index is 1.26. The van der Waals surface area contributed by atoms with Crippen LogP contribution >= 0.6 is 11.6 Å². The largest absolute Gasteiger partial charge is 0.494 e. The van der Waals surface area contributed by atoms with Crippen molar-refractivity contribution in [1.29, 1.82) is 0 Å². The number of benzene rings is 3. The lowest BCUT2D eigenvalue weighted by molar-refractivity contribution is -0.117. The number of rotatable bonds is 11. The Labute approximate surface area is 236 Å². The predicted octanol–water partition coefficient (Wildman–Crippen LogP) is 8.03. The Morgan fingerprint density at radius 2 is 1.74 bits per heavy atom. The van der Waals surface area contributed by atoms with Gasteiger partial charge in [0.05, 0.1) is 17.6 Å². The number of amides is 1. The number of anilines is 1. The smallest absolute Gasteiger partial charge is 0.227 e. The minimum atomic E-state index is 0.0703. The van der Waals surface area contributed by atoms with Crippen molar-refractivity contribution < 1.29 is 9.53 Å². The van der Waals surface area contributed by atoms with E-state index in [9.17, 15) is 4.79 Å². The molecule has 1 aliphatic rings. The first kappa shape index (κ1) is 27.3. The molecule has 204 valence electrons. The molecule has 0 N–H and O–H groups in total. The van der Waals surface area contributed by atoms with Gasteiger partial charge in [-0.05, 0) is 92.6 Å². The summed E-state index contributed by atoms with van der Waals surface area (Å²) in [7, 11) is 0. The molecular weight excluding hydrogens is 506 g/mol. The van der Waals surface area contributed by atoms with Crippen LogP contribution in [0.5, 0.6) is 5.75 Å². The van der Waals surface area contributed by atoms with Crippen molar-refractivity contribution in [1.82, 2.24) is 9.55 Å². The molecular formula is C33H38ClN3O2. The van der Waals surface area contributed by atoms with Gasteiger partial charge in [0, 0.05) is 36.1 Å². The van der Waals surface area contributed by atoms with Crippen LogP contribution in [-0.2, 0) is 17.8 Å². The second kappa shape index (κ2) is 12.3. The Bertz CT molecular complexity index is 1420. The highest BCUT2D eigenvalue weighted by atomic mass is 35.5. The fraction of sp³-hybridized carbons (Fsp3) is 0.394. The van der Waals surface area contributed by atoms with Crippen molar-refractivity contribution >= 4 is 34.2 Å². The van der Waals surface area contributed by atoms with Gasteiger partial charge in [0.2, 0.25) is 5.91 Å². The third-order valence-electron chi connectivity index (χ3n) is 7.70. The van der Waals surface area contributed by atoms with Crippen molar-refractivity contribution in [2.24, 2.45) is 0 Å². The number of aromatic nitrogens is 2. The summed E-state index contributed by atoms with van der Waals surface area (Å²) in [5.74, 6) is 2.12. The van der Waals surface area contributed by atoms with E-state index in [0.717, 1.165) is 70.3 Å². The number of unbranched alkanes of at least 4 members (excludes halogenated alkanes) is 2. The number of imidazole rings is 1. The molecule has 5 nitrogen and oxygen atoms in total. The number of aryl methyl sites for hydroxylation is 4. The van der Waals surface area contributed by atoms with Crippen LogP contribution in [-0.4, -0.2) is 28.6 Å². The van der Waals surface area contributed by atoms with E-state index in [1.165, 1.54) is 18.4 Å². The average molecular weight is 544 g/mol. The number of carbonyl (C=O) groups excluding carboxylic acids is 1. The van der Waals surface area contributed by atoms with Gasteiger partial charge in [-0.25, -0.2) is 4.98 Å². The van der Waals surface area contributed by atoms with Crippen molar-refractivity contribution in [2.45, 2.75) is 71.8 Å². The molecule has 4 aromatic rings. The van der Waals surface area contributed by atoms with Crippen LogP contribution in [0.15, 0.2) is 60.7 Å². The van der Waals surface area contributed by atoms with Crippen LogP contribution in [0.1, 0.15) is 67.5 Å². The maximum Gasteiger partial charge on any atom is 0.227 e. The first-order valence-electron chi connectivity index (χ1n) is 14.2. The topological polar surface area (TPSA) is 47.4 Å². The molecule has 6 heteroatoms. The van der Waals surface area contributed by atoms with E-state index in [2.05, 4.69) is 54.0 Å². The maximum absolute atomic E-state index is 13.1. The lowest BCUT2D eigenvalue weighted by Crippen LogP contribution is -2.24. The maximum atomic E-state index is 13.1. The van der Waals surface area contributed by atoms with Gasteiger partial charge in [0.1, 0.15) is 11.6 Å². The van der Waals surface area contributed by atoms with Gasteiger partial charge < -0.3 is 14.2 Å². The Morgan fingerprint density at radius 1 is 1.00 bits per heavy atom. The van der Waals surface area contributed by atoms with Gasteiger partial charge in [0.25, 0.3) is 0 Å². The monoisotopic (exact) mass is 543 g/mol. The second-order valence-corrected chi connectivity index (χ2v) is 11.1. The van der Waals surface area contributed by atoms with Crippen LogP contribution in [0, 0.1) is 13.8 Å². The number of para-hydroxylation sites is 2. The summed E-state index contributed by atoms with van der Waals surface area (Å²) in [6, 6.07) is 20.8. The van der Waals surface area contributed by atoms with E-state index < -0.39 is 0 Å². The zero-order valence-corrected chi connectivity index (χ0v) is 24.0. The van der Waals surface area contributed by atoms with E-state index in [0.29, 0.717) is 19.6 Å². The molecule has 39 heavy (non-hydrogen) atoms. The summed E-state index contributed by atoms with van der Waals surface area (Å²) in [5, 5.41) is 0.801. The molecule has 1 aliphatic heterocycles. The number of hydrogen-bond acceptors (Lipinski definition) is 3. The third kappa shape index (κ3) is 6.14. The number of hydrogen-bond donors (Lipinski definition) is 0. The first-order chi connectivity index (χ1) is 18.9. The van der Waals surface area contributed by atoms with E-state index in [4.69, 9.17) is 21.3 Å². The zero-order chi connectivity index (χ0) is 27.4. The lowest BCUT2D eigenvalue weighted by atomic mass is 10.1. The molecule has 1 fully saturated rings. The van der Waals surface area contributed by atoms with Crippen molar-refractivity contribution in [3.05, 3.63) is 88.2 Å². The number of halogens is 1. The third-order valence-corrected chi connectivity index (χ3v) is 8.29. The van der Waals surface area contributed by atoms with E-state index >= 15 is 0 Å². The highest BCUT2D eigenvalue weighted by Gasteiger charge is 2.34. The predicted molar refractivity (Wildman–Crippen MR) is 160 cm³/mol. The molecule has 0 radical (unpaired) electrons. The molecule has 3 aromatic carbocycles. The molecule has 1 atom stereocenters. The Hall–Kier alpha value is -3.31. The van der Waals surface area contributed by atoms with Crippen LogP contribution in [0.3, 0.4) is 0 Å². The SMILES string of the molecule is CCCCc1ccc(N2CC(c3nc4ccccc4n3CCCCOc3cc(C)c(Cl)c(C)c3)CC2=O)cc1. The van der Waals surface area contributed by atoms with Gasteiger partial charge in [-0.3, -0.25) is 4.79 Å². The van der Waals surface area contributed by atoms with Crippen molar-refractivity contribution in [3.8, 4) is 5.75 Å². The van der Waals surface area contributed by atoms with Crippen LogP contribution in [0.4, 0.5) is 5.69 Å². The minimum Gasteiger partial charge on any atom is -0.494 e. The Morgan fingerprint density at radius 3 is 2.49 bits per heavy atom. The number of carbonyl (C=O) groups is 1. The van der Waals surface area contributed by atoms with Gasteiger partial charge in [0.15, 0.2) is 0 Å². The van der Waals surface area contributed by atoms with Gasteiger partial charge in [-0.2, -0.15) is 0 Å². The molecule has 2 heterocycles. The highest BCUT2D eigenvalue weighted by Crippen LogP contribution is 2.34. The molecule has 1 unspecified atom stereocenters. The molecule has 1 aromatic heterocycles. The van der Waals surface area contributed by atoms with E-state index in [1.807, 2.05) is 36.9 Å². The normalized spacial score (nSPS) is 15.4. The summed E-state index contributed by atoms with van der Waals surface area (Å²) in [4.78, 5) is 20.1. The molecule has 1 amide bonds. The van der Waals surface area contributed by atoms with Crippen LogP contribution < -0.4 is 9.64 Å². The van der Waals surface area contributed by atoms with E-state index in [-0.39, 0.29) is 11.8 Å². The summed E-state index contributed by atoms with van der Waals surface area (Å²) >= 11 is 6.29. The second-order valence-electron chi connectivity index (χ2n) is 10.7. The highest BCUT2D eigenvalue weighted by molar-refractivity contribution is 6.32. The summed E-state index contributed by atoms with van der Waals surface area (Å²) in [6.07, 6.45) is 5.83. The lowest BCUT2D eigenvalue weighted by Gasteiger charge is -2.18. The summed E-state index contributed by atoms with van der Waals surface area (Å²) in [5.41, 5.74) is 6.50. The standard InChI is InChI=1S/C33H38ClN3O2/c1-4-5-10-25-13-15-27(16-14-25)37-22-26(21-31(37)38)33-35-29-11-6-7-12-30(29)36(33)17-8-9-18-39-28-19-23(2)32(34)24(3)20-28/h6-7,11-16,19-20,26H,4-5,8-10,17-18,21-22H2,1-3H3. The number of ether oxygens (including phenoxy) is 1. The summed E-state index contributed by atoms with van der Waals surface area (Å²) in [6.45, 7) is 8.37. The minimum absolute atomic E-state index is 0.0703. The van der Waals surface area contributed by atoms with Crippen molar-refractivity contribution in [3.63, 3.8) is 0 Å². The van der Waals surface area contributed by atoms with Crippen molar-refractivity contribution in [2.75, 3.05) is 18.1 Å². The van der Waals surface area contributed by atoms with Crippen LogP contribution in [0.2, 0.25) is 5.02 Å². The summed E-state index contributed by atoms with van der Waals surface area (Å²) < 4.78 is 8.35. The van der Waals surface area contributed by atoms with Crippen LogP contribution in [0.25, 0.3) is 11.0 Å². The fourth-order valence-electron chi connectivity index (χ4n) is 5.55.